The van der Waals surface area contributed by atoms with Crippen molar-refractivity contribution in [2.75, 3.05) is 11.9 Å². The molecule has 1 amide bonds. The number of nitrogens with zero attached hydrogens (tertiary/aromatic N) is 3. The highest BCUT2D eigenvalue weighted by Gasteiger charge is 2.57. The van der Waals surface area contributed by atoms with Crippen LogP contribution in [0.15, 0.2) is 47.4 Å². The monoisotopic (exact) mass is 504 g/mol. The number of alkyl halides is 1. The highest BCUT2D eigenvalue weighted by atomic mass is 31.2. The molecule has 1 N–H and O–H groups in total. The molecule has 1 aromatic carbocycles. The normalized spacial score (nSPS) is 34.7. The molecule has 3 saturated heterocycles. The molecule has 9 nitrogen and oxygen atoms in total. The third-order valence-corrected chi connectivity index (χ3v) is 8.83. The van der Waals surface area contributed by atoms with Crippen molar-refractivity contribution < 1.29 is 23.0 Å². The summed E-state index contributed by atoms with van der Waals surface area (Å²) in [5.41, 5.74) is -0.179. The summed E-state index contributed by atoms with van der Waals surface area (Å²) in [6.07, 6.45) is -0.310. The van der Waals surface area contributed by atoms with E-state index in [2.05, 4.69) is 34.0 Å². The zero-order valence-electron chi connectivity index (χ0n) is 20.0. The number of carbonyl (C=O) groups is 1. The Hall–Kier alpha value is -2.23. The fraction of sp³-hybridized carbons (Fsp3) is 0.542. The number of halogens is 1. The second-order valence-electron chi connectivity index (χ2n) is 9.29. The lowest BCUT2D eigenvalue weighted by atomic mass is 9.87. The van der Waals surface area contributed by atoms with Crippen molar-refractivity contribution in [2.24, 2.45) is 0 Å². The van der Waals surface area contributed by atoms with E-state index in [9.17, 15) is 9.59 Å². The first-order valence-electron chi connectivity index (χ1n) is 12.0. The number of hydrogen-bond donors (Lipinski definition) is 1. The van der Waals surface area contributed by atoms with Gasteiger partial charge < -0.3 is 19.1 Å². The van der Waals surface area contributed by atoms with Crippen molar-refractivity contribution in [3.05, 3.63) is 58.6 Å². The van der Waals surface area contributed by atoms with Gasteiger partial charge in [-0.2, -0.15) is 4.98 Å². The van der Waals surface area contributed by atoms with Gasteiger partial charge in [0.2, 0.25) is 5.91 Å². The van der Waals surface area contributed by atoms with E-state index >= 15 is 4.39 Å². The van der Waals surface area contributed by atoms with E-state index in [1.165, 1.54) is 19.2 Å². The maximum absolute atomic E-state index is 15.8. The van der Waals surface area contributed by atoms with Crippen LogP contribution in [0.3, 0.4) is 0 Å². The fourth-order valence-electron chi connectivity index (χ4n) is 5.21. The molecule has 3 aliphatic heterocycles. The van der Waals surface area contributed by atoms with Crippen molar-refractivity contribution >= 4 is 20.3 Å². The third kappa shape index (κ3) is 4.42. The standard InChI is InChI=1S/C24H30FN4O5P/c1-4-17-21(20(25)22(32-17)28-14-12-19(26-15(2)30)27-23(28)31)33-35-29-13-8-11-18(29)24(3,34-35)16-9-6-5-7-10-16/h5-7,9-10,12,14,17-18,20-22H,4,8,11,13H2,1-3H3,(H,26,27,30,31)/t17-,18+,20+,21?,22-,24-,35+/m1/s1. The Morgan fingerprint density at radius 3 is 2.80 bits per heavy atom. The van der Waals surface area contributed by atoms with Gasteiger partial charge in [-0.1, -0.05) is 37.3 Å². The number of fused-ring (bicyclic) bond motifs is 1. The first-order chi connectivity index (χ1) is 16.8. The van der Waals surface area contributed by atoms with Gasteiger partial charge in [0.25, 0.3) is 8.53 Å². The third-order valence-electron chi connectivity index (χ3n) is 6.97. The summed E-state index contributed by atoms with van der Waals surface area (Å²) >= 11 is 0. The smallest absolute Gasteiger partial charge is 0.349 e. The number of rotatable bonds is 6. The lowest BCUT2D eigenvalue weighted by Gasteiger charge is -2.29. The minimum absolute atomic E-state index is 0.107. The molecule has 0 radical (unpaired) electrons. The maximum Gasteiger partial charge on any atom is 0.351 e. The molecule has 11 heteroatoms. The lowest BCUT2D eigenvalue weighted by Crippen LogP contribution is -2.37. The van der Waals surface area contributed by atoms with E-state index in [0.717, 1.165) is 29.5 Å². The minimum Gasteiger partial charge on any atom is -0.349 e. The zero-order valence-corrected chi connectivity index (χ0v) is 20.9. The molecule has 1 unspecified atom stereocenters. The Kier molecular flexibility index (Phi) is 6.76. The van der Waals surface area contributed by atoms with Gasteiger partial charge >= 0.3 is 5.69 Å². The summed E-state index contributed by atoms with van der Waals surface area (Å²) in [6.45, 7) is 6.13. The molecule has 0 spiro atoms. The van der Waals surface area contributed by atoms with Crippen molar-refractivity contribution in [3.8, 4) is 0 Å². The summed E-state index contributed by atoms with van der Waals surface area (Å²) in [5.74, 6) is -0.244. The van der Waals surface area contributed by atoms with Crippen LogP contribution in [0.2, 0.25) is 0 Å². The molecule has 0 saturated carbocycles. The molecule has 4 heterocycles. The molecule has 188 valence electrons. The number of nitrogens with one attached hydrogen (secondary N) is 1. The quantitative estimate of drug-likeness (QED) is 0.597. The van der Waals surface area contributed by atoms with E-state index in [1.807, 2.05) is 25.1 Å². The van der Waals surface area contributed by atoms with Crippen LogP contribution in [0.25, 0.3) is 0 Å². The molecule has 3 fully saturated rings. The molecular weight excluding hydrogens is 474 g/mol. The largest absolute Gasteiger partial charge is 0.351 e. The molecule has 0 bridgehead atoms. The first-order valence-corrected chi connectivity index (χ1v) is 13.1. The van der Waals surface area contributed by atoms with Gasteiger partial charge in [0.15, 0.2) is 12.4 Å². The number of amides is 1. The Morgan fingerprint density at radius 1 is 1.34 bits per heavy atom. The van der Waals surface area contributed by atoms with Crippen molar-refractivity contribution in [1.82, 2.24) is 14.2 Å². The maximum atomic E-state index is 15.8. The van der Waals surface area contributed by atoms with Crippen LogP contribution >= 0.6 is 8.53 Å². The second-order valence-corrected chi connectivity index (χ2v) is 10.7. The number of aromatic nitrogens is 2. The topological polar surface area (TPSA) is 94.9 Å². The van der Waals surface area contributed by atoms with Gasteiger partial charge in [-0.25, -0.2) is 13.9 Å². The highest BCUT2D eigenvalue weighted by Crippen LogP contribution is 2.64. The molecule has 2 aromatic rings. The van der Waals surface area contributed by atoms with Gasteiger partial charge in [0, 0.05) is 19.7 Å². The van der Waals surface area contributed by atoms with Gasteiger partial charge in [-0.15, -0.1) is 0 Å². The van der Waals surface area contributed by atoms with Gasteiger partial charge in [0.05, 0.1) is 12.1 Å². The van der Waals surface area contributed by atoms with E-state index in [4.69, 9.17) is 13.8 Å². The number of hydrogen-bond acceptors (Lipinski definition) is 7. The number of carbonyl (C=O) groups excluding carboxylic acids is 1. The Bertz CT molecular complexity index is 1140. The summed E-state index contributed by atoms with van der Waals surface area (Å²) < 4.78 is 38.0. The molecule has 7 atom stereocenters. The van der Waals surface area contributed by atoms with Crippen LogP contribution in [0, 0.1) is 0 Å². The SMILES string of the molecule is CC[C@H]1O[C@@H](n2ccc(NC(C)=O)nc2=O)[C@@H](F)C1O[P@@]1O[C@](C)(c2ccccc2)[C@@H]2CCCN21. The summed E-state index contributed by atoms with van der Waals surface area (Å²) in [5, 5.41) is 2.45. The molecular formula is C24H30FN4O5P. The van der Waals surface area contributed by atoms with Crippen LogP contribution in [0.1, 0.15) is 51.8 Å². The zero-order chi connectivity index (χ0) is 24.7. The summed E-state index contributed by atoms with van der Waals surface area (Å²) in [7, 11) is -1.51. The van der Waals surface area contributed by atoms with E-state index in [0.29, 0.717) is 6.42 Å². The number of benzene rings is 1. The van der Waals surface area contributed by atoms with Crippen molar-refractivity contribution in [3.63, 3.8) is 0 Å². The van der Waals surface area contributed by atoms with Gasteiger partial charge in [0.1, 0.15) is 17.5 Å². The highest BCUT2D eigenvalue weighted by molar-refractivity contribution is 7.45. The molecule has 3 aliphatic rings. The van der Waals surface area contributed by atoms with E-state index in [1.54, 1.807) is 0 Å². The van der Waals surface area contributed by atoms with Crippen LogP contribution in [-0.2, 0) is 24.2 Å². The van der Waals surface area contributed by atoms with Crippen LogP contribution < -0.4 is 11.0 Å². The number of anilines is 1. The van der Waals surface area contributed by atoms with Crippen LogP contribution in [0.5, 0.6) is 0 Å². The van der Waals surface area contributed by atoms with Crippen molar-refractivity contribution in [1.29, 1.82) is 0 Å². The summed E-state index contributed by atoms with van der Waals surface area (Å²) in [6, 6.07) is 11.7. The van der Waals surface area contributed by atoms with Crippen LogP contribution in [0.4, 0.5) is 10.2 Å². The second kappa shape index (κ2) is 9.67. The average Bonchev–Trinajstić information content (AvgIpc) is 3.51. The molecule has 5 rings (SSSR count). The average molecular weight is 504 g/mol. The number of ether oxygens (including phenoxy) is 1. The molecule has 0 aliphatic carbocycles. The minimum atomic E-state index is -1.60. The van der Waals surface area contributed by atoms with Gasteiger partial charge in [-0.05, 0) is 37.8 Å². The van der Waals surface area contributed by atoms with Gasteiger partial charge in [-0.3, -0.25) is 9.36 Å². The van der Waals surface area contributed by atoms with E-state index < -0.39 is 44.4 Å². The summed E-state index contributed by atoms with van der Waals surface area (Å²) in [4.78, 5) is 27.7. The Morgan fingerprint density at radius 2 is 2.11 bits per heavy atom. The molecule has 1 aromatic heterocycles. The Labute approximate surface area is 204 Å². The van der Waals surface area contributed by atoms with Crippen molar-refractivity contribution in [2.45, 2.75) is 76.3 Å². The predicted molar refractivity (Wildman–Crippen MR) is 128 cm³/mol. The lowest BCUT2D eigenvalue weighted by molar-refractivity contribution is -0.114. The van der Waals surface area contributed by atoms with E-state index in [-0.39, 0.29) is 17.8 Å². The fourth-order valence-corrected chi connectivity index (χ4v) is 7.36. The van der Waals surface area contributed by atoms with Crippen LogP contribution in [-0.4, -0.2) is 51.1 Å². The molecule has 35 heavy (non-hydrogen) atoms. The Balaban J connectivity index is 1.37. The first kappa shape index (κ1) is 24.5. The predicted octanol–water partition coefficient (Wildman–Crippen LogP) is 3.87.